The van der Waals surface area contributed by atoms with E-state index >= 15 is 0 Å². The van der Waals surface area contributed by atoms with E-state index in [2.05, 4.69) is 15.1 Å². The molecule has 2 N–H and O–H groups in total. The highest BCUT2D eigenvalue weighted by molar-refractivity contribution is 7.89. The van der Waals surface area contributed by atoms with Crippen LogP contribution < -0.4 is 10.0 Å². The van der Waals surface area contributed by atoms with Gasteiger partial charge in [0.15, 0.2) is 0 Å². The van der Waals surface area contributed by atoms with Crippen molar-refractivity contribution in [3.63, 3.8) is 0 Å². The van der Waals surface area contributed by atoms with E-state index in [1.165, 1.54) is 0 Å². The number of carbonyl (C=O) groups is 1. The van der Waals surface area contributed by atoms with Gasteiger partial charge < -0.3 is 5.32 Å². The van der Waals surface area contributed by atoms with Gasteiger partial charge in [-0.15, -0.1) is 0 Å². The molecule has 3 rings (SSSR count). The molecular weight excluding hydrogens is 383 g/mol. The van der Waals surface area contributed by atoms with E-state index in [0.717, 1.165) is 35.2 Å². The van der Waals surface area contributed by atoms with E-state index in [9.17, 15) is 17.6 Å². The number of aromatic nitrogens is 2. The molecule has 3 aromatic rings. The molecule has 7 nitrogen and oxygen atoms in total. The molecule has 0 aliphatic rings. The molecule has 0 unspecified atom stereocenters. The van der Waals surface area contributed by atoms with E-state index in [-0.39, 0.29) is 17.5 Å². The second kappa shape index (κ2) is 8.07. The summed E-state index contributed by atoms with van der Waals surface area (Å²) in [6, 6.07) is 12.3. The molecule has 0 spiro atoms. The maximum Gasteiger partial charge on any atom is 0.241 e. The fourth-order valence-electron chi connectivity index (χ4n) is 2.78. The minimum atomic E-state index is -3.89. The SMILES string of the molecule is CC(C)n1nc(CNC(=O)CNS(=O)(=O)c2ccc(F)cc2)c2ccccc21. The second-order valence-corrected chi connectivity index (χ2v) is 8.32. The third kappa shape index (κ3) is 4.37. The average molecular weight is 404 g/mol. The molecule has 0 saturated heterocycles. The van der Waals surface area contributed by atoms with Crippen LogP contribution in [0.25, 0.3) is 10.9 Å². The van der Waals surface area contributed by atoms with Crippen molar-refractivity contribution in [2.75, 3.05) is 6.54 Å². The van der Waals surface area contributed by atoms with Crippen LogP contribution in [0.2, 0.25) is 0 Å². The maximum atomic E-state index is 12.9. The summed E-state index contributed by atoms with van der Waals surface area (Å²) in [5, 5.41) is 8.16. The molecule has 148 valence electrons. The zero-order chi connectivity index (χ0) is 20.3. The number of hydrogen-bond donors (Lipinski definition) is 2. The number of nitrogens with zero attached hydrogens (tertiary/aromatic N) is 2. The van der Waals surface area contributed by atoms with Gasteiger partial charge in [0, 0.05) is 11.4 Å². The number of hydrogen-bond acceptors (Lipinski definition) is 4. The molecule has 0 fully saturated rings. The maximum absolute atomic E-state index is 12.9. The molecule has 0 aliphatic heterocycles. The summed E-state index contributed by atoms with van der Waals surface area (Å²) in [5.41, 5.74) is 1.68. The van der Waals surface area contributed by atoms with Crippen molar-refractivity contribution in [1.82, 2.24) is 19.8 Å². The van der Waals surface area contributed by atoms with Gasteiger partial charge >= 0.3 is 0 Å². The Morgan fingerprint density at radius 1 is 1.14 bits per heavy atom. The van der Waals surface area contributed by atoms with E-state index < -0.39 is 28.3 Å². The number of carbonyl (C=O) groups excluding carboxylic acids is 1. The second-order valence-electron chi connectivity index (χ2n) is 6.56. The Bertz CT molecular complexity index is 1090. The molecule has 28 heavy (non-hydrogen) atoms. The van der Waals surface area contributed by atoms with Gasteiger partial charge in [0.2, 0.25) is 15.9 Å². The Kier molecular flexibility index (Phi) is 5.76. The summed E-state index contributed by atoms with van der Waals surface area (Å²) in [5.74, 6) is -1.03. The van der Waals surface area contributed by atoms with Crippen molar-refractivity contribution in [1.29, 1.82) is 0 Å². The van der Waals surface area contributed by atoms with Crippen molar-refractivity contribution < 1.29 is 17.6 Å². The van der Waals surface area contributed by atoms with Crippen molar-refractivity contribution in [2.45, 2.75) is 31.3 Å². The van der Waals surface area contributed by atoms with Crippen LogP contribution in [-0.4, -0.2) is 30.7 Å². The lowest BCUT2D eigenvalue weighted by Gasteiger charge is -2.08. The van der Waals surface area contributed by atoms with Crippen molar-refractivity contribution in [3.05, 3.63) is 60.0 Å². The number of benzene rings is 2. The molecule has 0 bridgehead atoms. The summed E-state index contributed by atoms with van der Waals surface area (Å²) in [6.07, 6.45) is 0. The Balaban J connectivity index is 1.63. The van der Waals surface area contributed by atoms with Gasteiger partial charge in [0.1, 0.15) is 5.82 Å². The molecule has 2 aromatic carbocycles. The molecule has 0 aliphatic carbocycles. The van der Waals surface area contributed by atoms with Crippen molar-refractivity contribution >= 4 is 26.8 Å². The standard InChI is InChI=1S/C19H21FN4O3S/c1-13(2)24-18-6-4-3-5-16(18)17(23-24)11-21-19(25)12-22-28(26,27)15-9-7-14(20)8-10-15/h3-10,13,22H,11-12H2,1-2H3,(H,21,25). The van der Waals surface area contributed by atoms with Gasteiger partial charge in [-0.05, 0) is 44.2 Å². The van der Waals surface area contributed by atoms with Crippen LogP contribution in [0.15, 0.2) is 53.4 Å². The molecule has 1 amide bonds. The Hall–Kier alpha value is -2.78. The molecule has 9 heteroatoms. The van der Waals surface area contributed by atoms with Gasteiger partial charge in [-0.25, -0.2) is 17.5 Å². The lowest BCUT2D eigenvalue weighted by atomic mass is 10.2. The predicted molar refractivity (Wildman–Crippen MR) is 104 cm³/mol. The van der Waals surface area contributed by atoms with Crippen LogP contribution in [0.4, 0.5) is 4.39 Å². The van der Waals surface area contributed by atoms with E-state index in [0.29, 0.717) is 5.69 Å². The number of halogens is 1. The Morgan fingerprint density at radius 3 is 2.50 bits per heavy atom. The highest BCUT2D eigenvalue weighted by atomic mass is 32.2. The third-order valence-electron chi connectivity index (χ3n) is 4.18. The minimum Gasteiger partial charge on any atom is -0.349 e. The topological polar surface area (TPSA) is 93.1 Å². The zero-order valence-electron chi connectivity index (χ0n) is 15.5. The summed E-state index contributed by atoms with van der Waals surface area (Å²) in [7, 11) is -3.89. The van der Waals surface area contributed by atoms with Crippen LogP contribution in [0.1, 0.15) is 25.6 Å². The number of rotatable bonds is 7. The molecule has 1 aromatic heterocycles. The first-order valence-corrected chi connectivity index (χ1v) is 10.2. The van der Waals surface area contributed by atoms with Crippen LogP contribution >= 0.6 is 0 Å². The highest BCUT2D eigenvalue weighted by Gasteiger charge is 2.16. The van der Waals surface area contributed by atoms with Gasteiger partial charge in [0.25, 0.3) is 0 Å². The number of amides is 1. The zero-order valence-corrected chi connectivity index (χ0v) is 16.3. The Labute approximate surface area is 162 Å². The summed E-state index contributed by atoms with van der Waals surface area (Å²) < 4.78 is 41.3. The third-order valence-corrected chi connectivity index (χ3v) is 5.60. The fraction of sp³-hybridized carbons (Fsp3) is 0.263. The lowest BCUT2D eigenvalue weighted by Crippen LogP contribution is -2.36. The quantitative estimate of drug-likeness (QED) is 0.632. The number of nitrogens with one attached hydrogen (secondary N) is 2. The fourth-order valence-corrected chi connectivity index (χ4v) is 3.76. The van der Waals surface area contributed by atoms with Gasteiger partial charge in [-0.1, -0.05) is 18.2 Å². The number of fused-ring (bicyclic) bond motifs is 1. The van der Waals surface area contributed by atoms with E-state index in [1.807, 2.05) is 42.8 Å². The average Bonchev–Trinajstić information content (AvgIpc) is 3.04. The lowest BCUT2D eigenvalue weighted by molar-refractivity contribution is -0.120. The first kappa shape index (κ1) is 20.0. The molecule has 1 heterocycles. The van der Waals surface area contributed by atoms with Crippen LogP contribution in [0.3, 0.4) is 0 Å². The smallest absolute Gasteiger partial charge is 0.241 e. The summed E-state index contributed by atoms with van der Waals surface area (Å²) in [4.78, 5) is 12.0. The van der Waals surface area contributed by atoms with Crippen LogP contribution in [0.5, 0.6) is 0 Å². The molecule has 0 saturated carbocycles. The number of sulfonamides is 1. The Morgan fingerprint density at radius 2 is 1.82 bits per heavy atom. The summed E-state index contributed by atoms with van der Waals surface area (Å²) >= 11 is 0. The van der Waals surface area contributed by atoms with Gasteiger partial charge in [-0.2, -0.15) is 5.10 Å². The minimum absolute atomic E-state index is 0.108. The molecule has 0 radical (unpaired) electrons. The molecule has 0 atom stereocenters. The summed E-state index contributed by atoms with van der Waals surface area (Å²) in [6.45, 7) is 3.79. The van der Waals surface area contributed by atoms with Crippen molar-refractivity contribution in [2.24, 2.45) is 0 Å². The predicted octanol–water partition coefficient (Wildman–Crippen LogP) is 2.35. The first-order valence-electron chi connectivity index (χ1n) is 8.76. The largest absolute Gasteiger partial charge is 0.349 e. The van der Waals surface area contributed by atoms with Gasteiger partial charge in [-0.3, -0.25) is 9.48 Å². The van der Waals surface area contributed by atoms with Crippen LogP contribution in [0, 0.1) is 5.82 Å². The molecular formula is C19H21FN4O3S. The van der Waals surface area contributed by atoms with Crippen molar-refractivity contribution in [3.8, 4) is 0 Å². The first-order chi connectivity index (χ1) is 13.3. The van der Waals surface area contributed by atoms with E-state index in [4.69, 9.17) is 0 Å². The normalized spacial score (nSPS) is 11.9. The monoisotopic (exact) mass is 404 g/mol. The van der Waals surface area contributed by atoms with Gasteiger partial charge in [0.05, 0.1) is 29.2 Å². The highest BCUT2D eigenvalue weighted by Crippen LogP contribution is 2.21. The van der Waals surface area contributed by atoms with Crippen LogP contribution in [-0.2, 0) is 21.4 Å². The number of para-hydroxylation sites is 1. The van der Waals surface area contributed by atoms with E-state index in [1.54, 1.807) is 0 Å².